The standard InChI is InChI=1S/C22H26FN5O2S/c1-3-28(4-2)31(29,30)17-9-10-19-20(15-17)24-16-22(25-19)27-13-11-26(12-14-27)21-8-6-5-7-18(21)23/h5-10,15-16H,3-4,11-14H2,1-2H3. The summed E-state index contributed by atoms with van der Waals surface area (Å²) >= 11 is 0. The van der Waals surface area contributed by atoms with Gasteiger partial charge in [-0.3, -0.25) is 4.98 Å². The molecule has 0 amide bonds. The molecule has 1 aromatic heterocycles. The topological polar surface area (TPSA) is 69.6 Å². The van der Waals surface area contributed by atoms with E-state index in [1.165, 1.54) is 10.4 Å². The summed E-state index contributed by atoms with van der Waals surface area (Å²) < 4.78 is 41.0. The number of aromatic nitrogens is 2. The third-order valence-electron chi connectivity index (χ3n) is 5.64. The van der Waals surface area contributed by atoms with Crippen molar-refractivity contribution in [2.45, 2.75) is 18.7 Å². The summed E-state index contributed by atoms with van der Waals surface area (Å²) in [6.45, 7) is 7.23. The normalized spacial score (nSPS) is 15.1. The van der Waals surface area contributed by atoms with E-state index in [9.17, 15) is 12.8 Å². The van der Waals surface area contributed by atoms with E-state index in [1.807, 2.05) is 24.8 Å². The number of rotatable bonds is 6. The lowest BCUT2D eigenvalue weighted by Gasteiger charge is -2.36. The van der Waals surface area contributed by atoms with Crippen LogP contribution >= 0.6 is 0 Å². The molecule has 0 spiro atoms. The van der Waals surface area contributed by atoms with Crippen molar-refractivity contribution < 1.29 is 12.8 Å². The number of anilines is 2. The third-order valence-corrected chi connectivity index (χ3v) is 7.69. The summed E-state index contributed by atoms with van der Waals surface area (Å²) in [4.78, 5) is 13.5. The van der Waals surface area contributed by atoms with Crippen molar-refractivity contribution in [2.24, 2.45) is 0 Å². The molecule has 7 nitrogen and oxygen atoms in total. The lowest BCUT2D eigenvalue weighted by molar-refractivity contribution is 0.445. The summed E-state index contributed by atoms with van der Waals surface area (Å²) in [5.41, 5.74) is 1.81. The Bertz CT molecular complexity index is 1180. The van der Waals surface area contributed by atoms with Crippen LogP contribution in [0.3, 0.4) is 0 Å². The Balaban J connectivity index is 1.52. The maximum Gasteiger partial charge on any atom is 0.243 e. The van der Waals surface area contributed by atoms with E-state index in [2.05, 4.69) is 14.9 Å². The molecule has 3 aromatic rings. The van der Waals surface area contributed by atoms with E-state index >= 15 is 0 Å². The summed E-state index contributed by atoms with van der Waals surface area (Å²) in [6, 6.07) is 11.7. The molecule has 0 atom stereocenters. The lowest BCUT2D eigenvalue weighted by Crippen LogP contribution is -2.47. The van der Waals surface area contributed by atoms with Crippen molar-refractivity contribution in [1.29, 1.82) is 0 Å². The molecule has 2 aromatic carbocycles. The van der Waals surface area contributed by atoms with Gasteiger partial charge in [0, 0.05) is 39.3 Å². The number of hydrogen-bond donors (Lipinski definition) is 0. The maximum atomic E-state index is 14.1. The third kappa shape index (κ3) is 4.20. The number of piperazine rings is 1. The van der Waals surface area contributed by atoms with Crippen LogP contribution in [0, 0.1) is 5.82 Å². The zero-order chi connectivity index (χ0) is 22.0. The maximum absolute atomic E-state index is 14.1. The van der Waals surface area contributed by atoms with Gasteiger partial charge < -0.3 is 9.80 Å². The van der Waals surface area contributed by atoms with Gasteiger partial charge in [-0.2, -0.15) is 4.31 Å². The number of para-hydroxylation sites is 1. The van der Waals surface area contributed by atoms with Crippen LogP contribution in [0.25, 0.3) is 11.0 Å². The van der Waals surface area contributed by atoms with E-state index in [0.29, 0.717) is 56.0 Å². The number of sulfonamides is 1. The minimum Gasteiger partial charge on any atom is -0.366 e. The predicted octanol–water partition coefficient (Wildman–Crippen LogP) is 3.13. The van der Waals surface area contributed by atoms with Crippen LogP contribution in [0.4, 0.5) is 15.9 Å². The van der Waals surface area contributed by atoms with E-state index in [1.54, 1.807) is 36.5 Å². The molecule has 1 saturated heterocycles. The minimum absolute atomic E-state index is 0.211. The zero-order valence-corrected chi connectivity index (χ0v) is 18.5. The molecule has 0 N–H and O–H groups in total. The highest BCUT2D eigenvalue weighted by molar-refractivity contribution is 7.89. The van der Waals surface area contributed by atoms with Crippen LogP contribution in [-0.4, -0.2) is 62.0 Å². The second-order valence-electron chi connectivity index (χ2n) is 7.39. The Morgan fingerprint density at radius 2 is 1.65 bits per heavy atom. The monoisotopic (exact) mass is 443 g/mol. The fraction of sp³-hybridized carbons (Fsp3) is 0.364. The van der Waals surface area contributed by atoms with Crippen LogP contribution < -0.4 is 9.80 Å². The molecule has 1 aliphatic rings. The van der Waals surface area contributed by atoms with Crippen LogP contribution in [0.5, 0.6) is 0 Å². The molecular formula is C22H26FN5O2S. The lowest BCUT2D eigenvalue weighted by atomic mass is 10.2. The number of hydrogen-bond acceptors (Lipinski definition) is 6. The molecule has 9 heteroatoms. The fourth-order valence-corrected chi connectivity index (χ4v) is 5.37. The van der Waals surface area contributed by atoms with Crippen molar-refractivity contribution in [1.82, 2.24) is 14.3 Å². The molecule has 0 aliphatic carbocycles. The number of halogens is 1. The van der Waals surface area contributed by atoms with Gasteiger partial charge in [0.25, 0.3) is 0 Å². The van der Waals surface area contributed by atoms with Gasteiger partial charge >= 0.3 is 0 Å². The van der Waals surface area contributed by atoms with Crippen molar-refractivity contribution >= 4 is 32.6 Å². The molecule has 0 saturated carbocycles. The first-order valence-corrected chi connectivity index (χ1v) is 11.9. The van der Waals surface area contributed by atoms with Gasteiger partial charge in [-0.15, -0.1) is 0 Å². The molecule has 0 unspecified atom stereocenters. The number of fused-ring (bicyclic) bond motifs is 1. The summed E-state index contributed by atoms with van der Waals surface area (Å²) in [5.74, 6) is 0.525. The van der Waals surface area contributed by atoms with Crippen molar-refractivity contribution in [3.05, 3.63) is 54.5 Å². The molecule has 1 aliphatic heterocycles. The first kappa shape index (κ1) is 21.5. The Morgan fingerprint density at radius 3 is 2.32 bits per heavy atom. The Hall–Kier alpha value is -2.78. The van der Waals surface area contributed by atoms with Gasteiger partial charge in [-0.25, -0.2) is 17.8 Å². The number of benzene rings is 2. The van der Waals surface area contributed by atoms with Crippen molar-refractivity contribution in [2.75, 3.05) is 49.1 Å². The summed E-state index contributed by atoms with van der Waals surface area (Å²) in [5, 5.41) is 0. The summed E-state index contributed by atoms with van der Waals surface area (Å²) in [7, 11) is -3.54. The first-order valence-electron chi connectivity index (χ1n) is 10.5. The fourth-order valence-electron chi connectivity index (χ4n) is 3.89. The van der Waals surface area contributed by atoms with Gasteiger partial charge in [0.15, 0.2) is 0 Å². The van der Waals surface area contributed by atoms with Gasteiger partial charge in [0.2, 0.25) is 10.0 Å². The van der Waals surface area contributed by atoms with Crippen molar-refractivity contribution in [3.63, 3.8) is 0 Å². The zero-order valence-electron chi connectivity index (χ0n) is 17.7. The largest absolute Gasteiger partial charge is 0.366 e. The second-order valence-corrected chi connectivity index (χ2v) is 9.33. The minimum atomic E-state index is -3.54. The van der Waals surface area contributed by atoms with Gasteiger partial charge in [-0.05, 0) is 30.3 Å². The highest BCUT2D eigenvalue weighted by Gasteiger charge is 2.23. The molecule has 164 valence electrons. The quantitative estimate of drug-likeness (QED) is 0.583. The molecule has 0 bridgehead atoms. The molecule has 0 radical (unpaired) electrons. The van der Waals surface area contributed by atoms with Gasteiger partial charge in [0.1, 0.15) is 11.6 Å². The highest BCUT2D eigenvalue weighted by Crippen LogP contribution is 2.24. The van der Waals surface area contributed by atoms with Crippen LogP contribution in [0.1, 0.15) is 13.8 Å². The van der Waals surface area contributed by atoms with Crippen molar-refractivity contribution in [3.8, 4) is 0 Å². The molecule has 1 fully saturated rings. The highest BCUT2D eigenvalue weighted by atomic mass is 32.2. The summed E-state index contributed by atoms with van der Waals surface area (Å²) in [6.07, 6.45) is 1.68. The SMILES string of the molecule is CCN(CC)S(=O)(=O)c1ccc2nc(N3CCN(c4ccccc4F)CC3)cnc2c1. The van der Waals surface area contributed by atoms with Gasteiger partial charge in [-0.1, -0.05) is 26.0 Å². The number of nitrogens with zero attached hydrogens (tertiary/aromatic N) is 5. The smallest absolute Gasteiger partial charge is 0.243 e. The molecule has 2 heterocycles. The first-order chi connectivity index (χ1) is 14.9. The van der Waals surface area contributed by atoms with Gasteiger partial charge in [0.05, 0.1) is 27.8 Å². The van der Waals surface area contributed by atoms with E-state index in [0.717, 1.165) is 5.82 Å². The Morgan fingerprint density at radius 1 is 0.968 bits per heavy atom. The Kier molecular flexibility index (Phi) is 6.06. The molecule has 31 heavy (non-hydrogen) atoms. The Labute approximate surface area is 182 Å². The van der Waals surface area contributed by atoms with Crippen LogP contribution in [-0.2, 0) is 10.0 Å². The van der Waals surface area contributed by atoms with E-state index in [4.69, 9.17) is 0 Å². The second kappa shape index (κ2) is 8.76. The van der Waals surface area contributed by atoms with Crippen LogP contribution in [0.2, 0.25) is 0 Å². The average molecular weight is 444 g/mol. The molecule has 4 rings (SSSR count). The van der Waals surface area contributed by atoms with Crippen LogP contribution in [0.15, 0.2) is 53.6 Å². The van der Waals surface area contributed by atoms with E-state index < -0.39 is 10.0 Å². The predicted molar refractivity (Wildman–Crippen MR) is 120 cm³/mol. The molecular weight excluding hydrogens is 417 g/mol. The van der Waals surface area contributed by atoms with E-state index in [-0.39, 0.29) is 10.7 Å². The average Bonchev–Trinajstić information content (AvgIpc) is 2.79.